The molecule has 5 rings (SSSR count). The Kier molecular flexibility index (Phi) is 6.11. The van der Waals surface area contributed by atoms with Gasteiger partial charge in [-0.15, -0.1) is 0 Å². The fourth-order valence-electron chi connectivity index (χ4n) is 4.21. The highest BCUT2D eigenvalue weighted by Crippen LogP contribution is 2.34. The van der Waals surface area contributed by atoms with Crippen LogP contribution in [0.25, 0.3) is 22.5 Å². The van der Waals surface area contributed by atoms with E-state index in [-0.39, 0.29) is 17.9 Å². The molecule has 10 nitrogen and oxygen atoms in total. The smallest absolute Gasteiger partial charge is 0.260 e. The molecular formula is C25H24N6O4. The summed E-state index contributed by atoms with van der Waals surface area (Å²) in [5, 5.41) is 6.87. The van der Waals surface area contributed by atoms with Crippen molar-refractivity contribution in [3.8, 4) is 11.5 Å². The zero-order valence-corrected chi connectivity index (χ0v) is 19.2. The fraction of sp³-hybridized carbons (Fsp3) is 0.240. The molecule has 0 spiro atoms. The number of benzene rings is 2. The molecule has 1 atom stereocenters. The summed E-state index contributed by atoms with van der Waals surface area (Å²) in [6.45, 7) is 6.86. The lowest BCUT2D eigenvalue weighted by Gasteiger charge is -2.25. The van der Waals surface area contributed by atoms with Crippen molar-refractivity contribution in [3.63, 3.8) is 0 Å². The topological polar surface area (TPSA) is 115 Å². The number of aryl methyl sites for hydroxylation is 1. The van der Waals surface area contributed by atoms with Crippen molar-refractivity contribution in [3.05, 3.63) is 72.6 Å². The van der Waals surface area contributed by atoms with Gasteiger partial charge in [0.2, 0.25) is 11.9 Å². The first-order chi connectivity index (χ1) is 17.0. The number of ether oxygens (including phenoxy) is 1. The van der Waals surface area contributed by atoms with Crippen molar-refractivity contribution in [1.82, 2.24) is 24.6 Å². The number of fused-ring (bicyclic) bond motifs is 1. The average Bonchev–Trinajstić information content (AvgIpc) is 3.38. The van der Waals surface area contributed by atoms with E-state index in [1.54, 1.807) is 36.1 Å². The van der Waals surface area contributed by atoms with Crippen LogP contribution < -0.4 is 5.32 Å². The van der Waals surface area contributed by atoms with Gasteiger partial charge >= 0.3 is 0 Å². The standard InChI is InChI=1S/C25H24N6O4/c1-3-21(32)30-12-13-34-15-18(14-30)31-22-19(24-26-16(2)29-35-24)10-7-11-20(22)27-25(31)28-23(33)17-8-5-4-6-9-17/h3-11,18H,1,12-15H2,2H3,(H,27,28,33). The molecule has 2 aromatic carbocycles. The van der Waals surface area contributed by atoms with Crippen LogP contribution in [0, 0.1) is 6.92 Å². The van der Waals surface area contributed by atoms with Crippen LogP contribution in [0.2, 0.25) is 0 Å². The van der Waals surface area contributed by atoms with Crippen LogP contribution >= 0.6 is 0 Å². The van der Waals surface area contributed by atoms with Crippen LogP contribution in [-0.4, -0.2) is 62.7 Å². The number of para-hydroxylation sites is 1. The van der Waals surface area contributed by atoms with Gasteiger partial charge in [-0.3, -0.25) is 14.9 Å². The van der Waals surface area contributed by atoms with Gasteiger partial charge in [-0.2, -0.15) is 4.98 Å². The molecular weight excluding hydrogens is 448 g/mol. The van der Waals surface area contributed by atoms with Crippen LogP contribution in [-0.2, 0) is 9.53 Å². The number of nitrogens with one attached hydrogen (secondary N) is 1. The van der Waals surface area contributed by atoms with E-state index < -0.39 is 0 Å². The number of rotatable bonds is 5. The first-order valence-corrected chi connectivity index (χ1v) is 11.2. The Balaban J connectivity index is 1.66. The predicted molar refractivity (Wildman–Crippen MR) is 129 cm³/mol. The molecule has 1 aliphatic heterocycles. The number of carbonyl (C=O) groups is 2. The summed E-state index contributed by atoms with van der Waals surface area (Å²) >= 11 is 0. The highest BCUT2D eigenvalue weighted by Gasteiger charge is 2.29. The summed E-state index contributed by atoms with van der Waals surface area (Å²) in [5.74, 6) is 0.683. The van der Waals surface area contributed by atoms with Gasteiger partial charge in [-0.05, 0) is 37.3 Å². The van der Waals surface area contributed by atoms with Crippen LogP contribution in [0.1, 0.15) is 22.2 Å². The summed E-state index contributed by atoms with van der Waals surface area (Å²) < 4.78 is 13.2. The third kappa shape index (κ3) is 4.43. The van der Waals surface area contributed by atoms with Crippen molar-refractivity contribution in [1.29, 1.82) is 0 Å². The van der Waals surface area contributed by atoms with Crippen LogP contribution in [0.5, 0.6) is 0 Å². The van der Waals surface area contributed by atoms with Gasteiger partial charge in [0.25, 0.3) is 11.8 Å². The molecule has 1 fully saturated rings. The van der Waals surface area contributed by atoms with E-state index in [4.69, 9.17) is 14.2 Å². The number of carbonyl (C=O) groups excluding carboxylic acids is 2. The monoisotopic (exact) mass is 472 g/mol. The second-order valence-electron chi connectivity index (χ2n) is 8.16. The highest BCUT2D eigenvalue weighted by atomic mass is 16.5. The molecule has 10 heteroatoms. The van der Waals surface area contributed by atoms with Crippen molar-refractivity contribution in [2.45, 2.75) is 13.0 Å². The van der Waals surface area contributed by atoms with Gasteiger partial charge in [0.05, 0.1) is 35.9 Å². The quantitative estimate of drug-likeness (QED) is 0.443. The van der Waals surface area contributed by atoms with Gasteiger partial charge < -0.3 is 18.7 Å². The lowest BCUT2D eigenvalue weighted by Crippen LogP contribution is -2.36. The molecule has 0 radical (unpaired) electrons. The number of hydrogen-bond donors (Lipinski definition) is 1. The second-order valence-corrected chi connectivity index (χ2v) is 8.16. The summed E-state index contributed by atoms with van der Waals surface area (Å²) in [6.07, 6.45) is 1.29. The molecule has 35 heavy (non-hydrogen) atoms. The van der Waals surface area contributed by atoms with Crippen molar-refractivity contribution in [2.24, 2.45) is 0 Å². The average molecular weight is 473 g/mol. The number of nitrogens with zero attached hydrogens (tertiary/aromatic N) is 5. The lowest BCUT2D eigenvalue weighted by molar-refractivity contribution is -0.126. The van der Waals surface area contributed by atoms with E-state index in [9.17, 15) is 9.59 Å². The van der Waals surface area contributed by atoms with E-state index in [1.807, 2.05) is 28.8 Å². The van der Waals surface area contributed by atoms with Crippen molar-refractivity contribution in [2.75, 3.05) is 31.6 Å². The highest BCUT2D eigenvalue weighted by molar-refractivity contribution is 6.04. The van der Waals surface area contributed by atoms with Gasteiger partial charge in [-0.1, -0.05) is 36.0 Å². The maximum absolute atomic E-state index is 13.1. The number of imidazole rings is 1. The number of amides is 2. The summed E-state index contributed by atoms with van der Waals surface area (Å²) in [4.78, 5) is 36.3. The Morgan fingerprint density at radius 3 is 2.71 bits per heavy atom. The van der Waals surface area contributed by atoms with E-state index >= 15 is 0 Å². The molecule has 1 unspecified atom stereocenters. The first kappa shape index (κ1) is 22.5. The minimum absolute atomic E-state index is 0.187. The Bertz CT molecular complexity index is 1390. The lowest BCUT2D eigenvalue weighted by atomic mass is 10.1. The Labute approximate surface area is 201 Å². The molecule has 0 bridgehead atoms. The van der Waals surface area contributed by atoms with Crippen molar-refractivity contribution >= 4 is 28.8 Å². The van der Waals surface area contributed by atoms with Gasteiger partial charge in [0.1, 0.15) is 0 Å². The SMILES string of the molecule is C=CC(=O)N1CCOCC(n2c(NC(=O)c3ccccc3)nc3cccc(-c4nc(C)no4)c32)C1. The van der Waals surface area contributed by atoms with Crippen LogP contribution in [0.4, 0.5) is 5.95 Å². The summed E-state index contributed by atoms with van der Waals surface area (Å²) in [7, 11) is 0. The van der Waals surface area contributed by atoms with E-state index in [2.05, 4.69) is 22.0 Å². The second kappa shape index (κ2) is 9.51. The number of anilines is 1. The molecule has 3 heterocycles. The zero-order valence-electron chi connectivity index (χ0n) is 19.2. The Morgan fingerprint density at radius 2 is 1.97 bits per heavy atom. The fourth-order valence-corrected chi connectivity index (χ4v) is 4.21. The van der Waals surface area contributed by atoms with Crippen LogP contribution in [0.3, 0.4) is 0 Å². The molecule has 1 N–H and O–H groups in total. The third-order valence-corrected chi connectivity index (χ3v) is 5.83. The molecule has 2 amide bonds. The molecule has 0 aliphatic carbocycles. The van der Waals surface area contributed by atoms with E-state index in [1.165, 1.54) is 6.08 Å². The van der Waals surface area contributed by atoms with Crippen LogP contribution in [0.15, 0.2) is 65.7 Å². The molecule has 0 saturated carbocycles. The summed E-state index contributed by atoms with van der Waals surface area (Å²) in [6, 6.07) is 14.1. The molecule has 1 aliphatic rings. The maximum Gasteiger partial charge on any atom is 0.260 e. The molecule has 2 aromatic heterocycles. The Hall–Kier alpha value is -4.31. The maximum atomic E-state index is 13.1. The molecule has 4 aromatic rings. The van der Waals surface area contributed by atoms with Gasteiger partial charge in [0, 0.05) is 18.7 Å². The molecule has 1 saturated heterocycles. The minimum atomic E-state index is -0.345. The molecule has 178 valence electrons. The predicted octanol–water partition coefficient (Wildman–Crippen LogP) is 3.23. The largest absolute Gasteiger partial charge is 0.377 e. The number of aromatic nitrogens is 4. The summed E-state index contributed by atoms with van der Waals surface area (Å²) in [5.41, 5.74) is 2.50. The van der Waals surface area contributed by atoms with Crippen molar-refractivity contribution < 1.29 is 18.8 Å². The third-order valence-electron chi connectivity index (χ3n) is 5.83. The normalized spacial score (nSPS) is 16.1. The van der Waals surface area contributed by atoms with E-state index in [0.717, 1.165) is 0 Å². The minimum Gasteiger partial charge on any atom is -0.377 e. The zero-order chi connectivity index (χ0) is 24.4. The van der Waals surface area contributed by atoms with E-state index in [0.29, 0.717) is 66.1 Å². The first-order valence-electron chi connectivity index (χ1n) is 11.2. The van der Waals surface area contributed by atoms with Gasteiger partial charge in [-0.25, -0.2) is 4.98 Å². The van der Waals surface area contributed by atoms with Gasteiger partial charge in [0.15, 0.2) is 5.82 Å². The Morgan fingerprint density at radius 1 is 1.14 bits per heavy atom. The number of hydrogen-bond acceptors (Lipinski definition) is 7.